The Balaban J connectivity index is 1.85. The van der Waals surface area contributed by atoms with Gasteiger partial charge in [-0.15, -0.1) is 0 Å². The molecule has 4 nitrogen and oxygen atoms in total. The highest BCUT2D eigenvalue weighted by Gasteiger charge is 2.20. The number of nitrogens with one attached hydrogen (secondary N) is 1. The average molecular weight is 325 g/mol. The van der Waals surface area contributed by atoms with Crippen LogP contribution in [0.5, 0.6) is 0 Å². The van der Waals surface area contributed by atoms with Gasteiger partial charge in [-0.25, -0.2) is 0 Å². The molecule has 0 spiro atoms. The number of anilines is 1. The Labute approximate surface area is 121 Å². The van der Waals surface area contributed by atoms with E-state index in [-0.39, 0.29) is 11.8 Å². The van der Waals surface area contributed by atoms with Crippen LogP contribution in [0.3, 0.4) is 0 Å². The van der Waals surface area contributed by atoms with E-state index in [2.05, 4.69) is 21.2 Å². The first-order valence-corrected chi connectivity index (χ1v) is 7.20. The Morgan fingerprint density at radius 1 is 1.53 bits per heavy atom. The van der Waals surface area contributed by atoms with Gasteiger partial charge in [0.25, 0.3) is 0 Å². The molecular formula is C14H17BrN2O2. The monoisotopic (exact) mass is 324 g/mol. The number of hydrogen-bond acceptors (Lipinski definition) is 3. The summed E-state index contributed by atoms with van der Waals surface area (Å²) >= 11 is 3.37. The minimum absolute atomic E-state index is 0.0374. The SMILES string of the molecule is O=CC1CCCN(CC(=O)Nc2cccc(Br)c2)C1. The lowest BCUT2D eigenvalue weighted by Gasteiger charge is -2.29. The number of carbonyl (C=O) groups is 2. The van der Waals surface area contributed by atoms with Crippen LogP contribution in [-0.2, 0) is 9.59 Å². The van der Waals surface area contributed by atoms with Gasteiger partial charge in [-0.3, -0.25) is 9.69 Å². The lowest BCUT2D eigenvalue weighted by molar-refractivity contribution is -0.119. The van der Waals surface area contributed by atoms with E-state index in [9.17, 15) is 9.59 Å². The van der Waals surface area contributed by atoms with E-state index in [0.29, 0.717) is 13.1 Å². The van der Waals surface area contributed by atoms with Crippen molar-refractivity contribution in [1.82, 2.24) is 4.90 Å². The fraction of sp³-hybridized carbons (Fsp3) is 0.429. The fourth-order valence-electron chi connectivity index (χ4n) is 2.32. The van der Waals surface area contributed by atoms with Crippen molar-refractivity contribution in [2.75, 3.05) is 25.0 Å². The van der Waals surface area contributed by atoms with Crippen LogP contribution in [0.25, 0.3) is 0 Å². The molecule has 1 heterocycles. The van der Waals surface area contributed by atoms with Crippen LogP contribution in [-0.4, -0.2) is 36.7 Å². The van der Waals surface area contributed by atoms with Crippen LogP contribution < -0.4 is 5.32 Å². The molecule has 0 bridgehead atoms. The maximum Gasteiger partial charge on any atom is 0.238 e. The molecule has 19 heavy (non-hydrogen) atoms. The number of piperidine rings is 1. The fourth-order valence-corrected chi connectivity index (χ4v) is 2.72. The van der Waals surface area contributed by atoms with Gasteiger partial charge in [0.1, 0.15) is 6.29 Å². The highest BCUT2D eigenvalue weighted by Crippen LogP contribution is 2.17. The minimum atomic E-state index is -0.0374. The van der Waals surface area contributed by atoms with Crippen LogP contribution in [0.1, 0.15) is 12.8 Å². The third kappa shape index (κ3) is 4.44. The van der Waals surface area contributed by atoms with Crippen molar-refractivity contribution >= 4 is 33.8 Å². The van der Waals surface area contributed by atoms with E-state index in [0.717, 1.165) is 35.8 Å². The smallest absolute Gasteiger partial charge is 0.238 e. The first-order chi connectivity index (χ1) is 9.17. The Bertz CT molecular complexity index is 465. The number of hydrogen-bond donors (Lipinski definition) is 1. The number of likely N-dealkylation sites (tertiary alicyclic amines) is 1. The lowest BCUT2D eigenvalue weighted by atomic mass is 10.00. The summed E-state index contributed by atoms with van der Waals surface area (Å²) in [6, 6.07) is 7.51. The topological polar surface area (TPSA) is 49.4 Å². The van der Waals surface area contributed by atoms with Gasteiger partial charge in [-0.1, -0.05) is 22.0 Å². The maximum atomic E-state index is 11.9. The summed E-state index contributed by atoms with van der Waals surface area (Å²) in [4.78, 5) is 24.8. The van der Waals surface area contributed by atoms with Crippen molar-refractivity contribution in [3.8, 4) is 0 Å². The summed E-state index contributed by atoms with van der Waals surface area (Å²) in [5.41, 5.74) is 0.781. The zero-order valence-electron chi connectivity index (χ0n) is 10.6. The first kappa shape index (κ1) is 14.2. The zero-order chi connectivity index (χ0) is 13.7. The zero-order valence-corrected chi connectivity index (χ0v) is 12.2. The molecule has 1 aliphatic rings. The quantitative estimate of drug-likeness (QED) is 0.864. The molecule has 1 fully saturated rings. The van der Waals surface area contributed by atoms with E-state index >= 15 is 0 Å². The average Bonchev–Trinajstić information content (AvgIpc) is 2.38. The molecule has 1 aromatic rings. The summed E-state index contributed by atoms with van der Waals surface area (Å²) < 4.78 is 0.935. The molecule has 1 atom stereocenters. The molecule has 0 saturated carbocycles. The van der Waals surface area contributed by atoms with Crippen molar-refractivity contribution in [3.05, 3.63) is 28.7 Å². The number of carbonyl (C=O) groups excluding carboxylic acids is 2. The number of halogens is 1. The number of aldehydes is 1. The molecule has 1 aromatic carbocycles. The highest BCUT2D eigenvalue weighted by atomic mass is 79.9. The third-order valence-electron chi connectivity index (χ3n) is 3.21. The molecular weight excluding hydrogens is 308 g/mol. The molecule has 0 aliphatic carbocycles. The van der Waals surface area contributed by atoms with E-state index in [4.69, 9.17) is 0 Å². The molecule has 1 saturated heterocycles. The minimum Gasteiger partial charge on any atom is -0.325 e. The predicted molar refractivity (Wildman–Crippen MR) is 78.0 cm³/mol. The highest BCUT2D eigenvalue weighted by molar-refractivity contribution is 9.10. The molecule has 102 valence electrons. The Hall–Kier alpha value is -1.20. The van der Waals surface area contributed by atoms with E-state index < -0.39 is 0 Å². The Morgan fingerprint density at radius 2 is 2.37 bits per heavy atom. The largest absolute Gasteiger partial charge is 0.325 e. The van der Waals surface area contributed by atoms with Crippen molar-refractivity contribution in [3.63, 3.8) is 0 Å². The summed E-state index contributed by atoms with van der Waals surface area (Å²) in [6.07, 6.45) is 2.92. The van der Waals surface area contributed by atoms with Crippen LogP contribution >= 0.6 is 15.9 Å². The van der Waals surface area contributed by atoms with Gasteiger partial charge >= 0.3 is 0 Å². The molecule has 1 unspecified atom stereocenters. The molecule has 5 heteroatoms. The van der Waals surface area contributed by atoms with Gasteiger partial charge in [0, 0.05) is 22.6 Å². The summed E-state index contributed by atoms with van der Waals surface area (Å²) in [5, 5.41) is 2.86. The van der Waals surface area contributed by atoms with Crippen molar-refractivity contribution in [2.24, 2.45) is 5.92 Å². The van der Waals surface area contributed by atoms with Gasteiger partial charge in [0.2, 0.25) is 5.91 Å². The van der Waals surface area contributed by atoms with Gasteiger partial charge in [0.15, 0.2) is 0 Å². The third-order valence-corrected chi connectivity index (χ3v) is 3.70. The van der Waals surface area contributed by atoms with Gasteiger partial charge in [0.05, 0.1) is 6.54 Å². The molecule has 0 aromatic heterocycles. The number of benzene rings is 1. The van der Waals surface area contributed by atoms with Gasteiger partial charge in [-0.05, 0) is 37.6 Å². The maximum absolute atomic E-state index is 11.9. The van der Waals surface area contributed by atoms with Gasteiger partial charge < -0.3 is 10.1 Å². The van der Waals surface area contributed by atoms with Crippen LogP contribution in [0.15, 0.2) is 28.7 Å². The van der Waals surface area contributed by atoms with E-state index in [1.807, 2.05) is 29.2 Å². The van der Waals surface area contributed by atoms with Crippen LogP contribution in [0.2, 0.25) is 0 Å². The van der Waals surface area contributed by atoms with Crippen molar-refractivity contribution in [1.29, 1.82) is 0 Å². The predicted octanol–water partition coefficient (Wildman–Crippen LogP) is 2.30. The number of rotatable bonds is 4. The molecule has 1 N–H and O–H groups in total. The van der Waals surface area contributed by atoms with Crippen molar-refractivity contribution < 1.29 is 9.59 Å². The second-order valence-corrected chi connectivity index (χ2v) is 5.75. The van der Waals surface area contributed by atoms with Crippen molar-refractivity contribution in [2.45, 2.75) is 12.8 Å². The summed E-state index contributed by atoms with van der Waals surface area (Å²) in [7, 11) is 0. The van der Waals surface area contributed by atoms with Crippen LogP contribution in [0, 0.1) is 5.92 Å². The van der Waals surface area contributed by atoms with E-state index in [1.165, 1.54) is 0 Å². The van der Waals surface area contributed by atoms with E-state index in [1.54, 1.807) is 0 Å². The second-order valence-electron chi connectivity index (χ2n) is 4.83. The second kappa shape index (κ2) is 6.82. The number of nitrogens with zero attached hydrogens (tertiary/aromatic N) is 1. The standard InChI is InChI=1S/C14H17BrN2O2/c15-12-4-1-5-13(7-12)16-14(19)9-17-6-2-3-11(8-17)10-18/h1,4-5,7,10-11H,2-3,6,8-9H2,(H,16,19). The molecule has 2 rings (SSSR count). The summed E-state index contributed by atoms with van der Waals surface area (Å²) in [6.45, 7) is 1.92. The first-order valence-electron chi connectivity index (χ1n) is 6.40. The Morgan fingerprint density at radius 3 is 3.11 bits per heavy atom. The molecule has 1 aliphatic heterocycles. The van der Waals surface area contributed by atoms with Crippen LogP contribution in [0.4, 0.5) is 5.69 Å². The van der Waals surface area contributed by atoms with Gasteiger partial charge in [-0.2, -0.15) is 0 Å². The number of amides is 1. The summed E-state index contributed by atoms with van der Waals surface area (Å²) in [5.74, 6) is 0.0390. The normalized spacial score (nSPS) is 19.9. The lowest BCUT2D eigenvalue weighted by Crippen LogP contribution is -2.40. The molecule has 1 amide bonds. The molecule has 0 radical (unpaired) electrons. The Kier molecular flexibility index (Phi) is 5.10.